The monoisotopic (exact) mass is 198 g/mol. The number of rotatable bonds is 4. The second kappa shape index (κ2) is 3.80. The van der Waals surface area contributed by atoms with E-state index in [4.69, 9.17) is 10.5 Å². The van der Waals surface area contributed by atoms with Crippen molar-refractivity contribution in [1.29, 1.82) is 0 Å². The molecule has 3 heteroatoms. The molecule has 0 aromatic rings. The van der Waals surface area contributed by atoms with Crippen molar-refractivity contribution in [3.05, 3.63) is 0 Å². The van der Waals surface area contributed by atoms with Gasteiger partial charge in [0.25, 0.3) is 0 Å². The molecule has 1 aliphatic heterocycles. The largest absolute Gasteiger partial charge is 0.379 e. The highest BCUT2D eigenvalue weighted by atomic mass is 16.5. The molecule has 1 saturated carbocycles. The lowest BCUT2D eigenvalue weighted by Gasteiger charge is -2.39. The first-order valence-corrected chi connectivity index (χ1v) is 5.69. The highest BCUT2D eigenvalue weighted by molar-refractivity contribution is 4.92. The van der Waals surface area contributed by atoms with E-state index in [2.05, 4.69) is 12.2 Å². The summed E-state index contributed by atoms with van der Waals surface area (Å²) >= 11 is 0. The van der Waals surface area contributed by atoms with E-state index in [0.717, 1.165) is 32.7 Å². The second-order valence-corrected chi connectivity index (χ2v) is 5.43. The van der Waals surface area contributed by atoms with Crippen LogP contribution in [0.4, 0.5) is 0 Å². The third-order valence-corrected chi connectivity index (χ3v) is 3.72. The van der Waals surface area contributed by atoms with Crippen LogP contribution in [0.2, 0.25) is 0 Å². The van der Waals surface area contributed by atoms with Gasteiger partial charge in [0.15, 0.2) is 0 Å². The number of nitrogens with two attached hydrogens (primary N) is 1. The van der Waals surface area contributed by atoms with Crippen LogP contribution in [0.25, 0.3) is 0 Å². The summed E-state index contributed by atoms with van der Waals surface area (Å²) in [5.74, 6) is 0. The highest BCUT2D eigenvalue weighted by Gasteiger charge is 2.34. The predicted octanol–water partition coefficient (Wildman–Crippen LogP) is 0.884. The third kappa shape index (κ3) is 2.27. The van der Waals surface area contributed by atoms with Crippen LogP contribution >= 0.6 is 0 Å². The molecule has 14 heavy (non-hydrogen) atoms. The molecule has 1 unspecified atom stereocenters. The number of nitrogens with one attached hydrogen (secondary N) is 1. The van der Waals surface area contributed by atoms with E-state index in [1.165, 1.54) is 19.3 Å². The molecule has 2 aliphatic rings. The minimum atomic E-state index is -0.0971. The van der Waals surface area contributed by atoms with Crippen LogP contribution in [-0.4, -0.2) is 31.8 Å². The van der Waals surface area contributed by atoms with E-state index in [9.17, 15) is 0 Å². The Morgan fingerprint density at radius 2 is 2.07 bits per heavy atom. The minimum absolute atomic E-state index is 0.0971. The Kier molecular flexibility index (Phi) is 2.82. The smallest absolute Gasteiger partial charge is 0.0659 e. The average Bonchev–Trinajstić information content (AvgIpc) is 2.50. The molecular weight excluding hydrogens is 176 g/mol. The van der Waals surface area contributed by atoms with Crippen molar-refractivity contribution in [2.75, 3.05) is 26.3 Å². The van der Waals surface area contributed by atoms with Gasteiger partial charge in [-0.25, -0.2) is 0 Å². The van der Waals surface area contributed by atoms with Crippen molar-refractivity contribution >= 4 is 0 Å². The second-order valence-electron chi connectivity index (χ2n) is 5.43. The van der Waals surface area contributed by atoms with Gasteiger partial charge in [0.05, 0.1) is 12.1 Å². The highest BCUT2D eigenvalue weighted by Crippen LogP contribution is 2.39. The van der Waals surface area contributed by atoms with Crippen molar-refractivity contribution in [2.24, 2.45) is 11.1 Å². The molecule has 1 atom stereocenters. The summed E-state index contributed by atoms with van der Waals surface area (Å²) in [5.41, 5.74) is 6.61. The third-order valence-electron chi connectivity index (χ3n) is 3.72. The van der Waals surface area contributed by atoms with Gasteiger partial charge in [-0.1, -0.05) is 13.3 Å². The van der Waals surface area contributed by atoms with Crippen molar-refractivity contribution in [3.8, 4) is 0 Å². The molecule has 2 rings (SSSR count). The summed E-state index contributed by atoms with van der Waals surface area (Å²) in [4.78, 5) is 0. The Balaban J connectivity index is 1.67. The molecule has 1 aliphatic carbocycles. The zero-order valence-electron chi connectivity index (χ0n) is 9.14. The van der Waals surface area contributed by atoms with E-state index in [1.54, 1.807) is 0 Å². The van der Waals surface area contributed by atoms with Crippen LogP contribution in [-0.2, 0) is 4.74 Å². The van der Waals surface area contributed by atoms with E-state index >= 15 is 0 Å². The summed E-state index contributed by atoms with van der Waals surface area (Å²) < 4.78 is 5.32. The van der Waals surface area contributed by atoms with Gasteiger partial charge in [-0.15, -0.1) is 0 Å². The molecule has 0 bridgehead atoms. The molecule has 0 aromatic carbocycles. The topological polar surface area (TPSA) is 47.3 Å². The van der Waals surface area contributed by atoms with Crippen LogP contribution in [0.15, 0.2) is 0 Å². The lowest BCUT2D eigenvalue weighted by Crippen LogP contribution is -2.51. The van der Waals surface area contributed by atoms with Gasteiger partial charge in [0.1, 0.15) is 0 Å². The molecule has 2 fully saturated rings. The van der Waals surface area contributed by atoms with Crippen LogP contribution in [0.1, 0.15) is 32.6 Å². The van der Waals surface area contributed by atoms with E-state index in [1.807, 2.05) is 0 Å². The van der Waals surface area contributed by atoms with Gasteiger partial charge in [-0.3, -0.25) is 0 Å². The van der Waals surface area contributed by atoms with Crippen LogP contribution < -0.4 is 11.1 Å². The van der Waals surface area contributed by atoms with Gasteiger partial charge >= 0.3 is 0 Å². The SMILES string of the molecule is CC1(CNCC2(N)CCOC2)CCC1. The maximum absolute atomic E-state index is 6.16. The lowest BCUT2D eigenvalue weighted by molar-refractivity contribution is 0.147. The maximum Gasteiger partial charge on any atom is 0.0659 e. The molecule has 0 spiro atoms. The van der Waals surface area contributed by atoms with Crippen LogP contribution in [0.5, 0.6) is 0 Å². The van der Waals surface area contributed by atoms with Gasteiger partial charge in [0.2, 0.25) is 0 Å². The summed E-state index contributed by atoms with van der Waals surface area (Å²) in [6, 6.07) is 0. The summed E-state index contributed by atoms with van der Waals surface area (Å²) in [5, 5.41) is 3.51. The van der Waals surface area contributed by atoms with Crippen LogP contribution in [0, 0.1) is 5.41 Å². The summed E-state index contributed by atoms with van der Waals surface area (Å²) in [7, 11) is 0. The molecule has 1 heterocycles. The van der Waals surface area contributed by atoms with Gasteiger partial charge < -0.3 is 15.8 Å². The Bertz CT molecular complexity index is 195. The Morgan fingerprint density at radius 1 is 1.29 bits per heavy atom. The molecule has 82 valence electrons. The van der Waals surface area contributed by atoms with E-state index in [0.29, 0.717) is 5.41 Å². The first-order valence-electron chi connectivity index (χ1n) is 5.69. The van der Waals surface area contributed by atoms with Gasteiger partial charge in [-0.05, 0) is 24.7 Å². The number of hydrogen-bond acceptors (Lipinski definition) is 3. The summed E-state index contributed by atoms with van der Waals surface area (Å²) in [6.07, 6.45) is 5.13. The Hall–Kier alpha value is -0.120. The molecule has 0 amide bonds. The molecule has 0 aromatic heterocycles. The van der Waals surface area contributed by atoms with Crippen molar-refractivity contribution < 1.29 is 4.74 Å². The fourth-order valence-corrected chi connectivity index (χ4v) is 2.33. The zero-order valence-corrected chi connectivity index (χ0v) is 9.14. The summed E-state index contributed by atoms with van der Waals surface area (Å²) in [6.45, 7) is 5.93. The standard InChI is InChI=1S/C11H22N2O/c1-10(3-2-4-10)7-13-8-11(12)5-6-14-9-11/h13H,2-9,12H2,1H3. The fourth-order valence-electron chi connectivity index (χ4n) is 2.33. The minimum Gasteiger partial charge on any atom is -0.379 e. The van der Waals surface area contributed by atoms with E-state index < -0.39 is 0 Å². The fraction of sp³-hybridized carbons (Fsp3) is 1.00. The lowest BCUT2D eigenvalue weighted by atomic mass is 9.70. The number of ether oxygens (including phenoxy) is 1. The normalized spacial score (nSPS) is 35.6. The van der Waals surface area contributed by atoms with Crippen molar-refractivity contribution in [2.45, 2.75) is 38.1 Å². The first kappa shape index (κ1) is 10.4. The molecule has 0 radical (unpaired) electrons. The Morgan fingerprint density at radius 3 is 2.57 bits per heavy atom. The zero-order chi connectivity index (χ0) is 10.1. The van der Waals surface area contributed by atoms with Crippen LogP contribution in [0.3, 0.4) is 0 Å². The van der Waals surface area contributed by atoms with Gasteiger partial charge in [0, 0.05) is 19.7 Å². The average molecular weight is 198 g/mol. The van der Waals surface area contributed by atoms with Crippen molar-refractivity contribution in [3.63, 3.8) is 0 Å². The van der Waals surface area contributed by atoms with E-state index in [-0.39, 0.29) is 5.54 Å². The molecule has 1 saturated heterocycles. The molecular formula is C11H22N2O. The Labute approximate surface area is 86.4 Å². The van der Waals surface area contributed by atoms with Crippen molar-refractivity contribution in [1.82, 2.24) is 5.32 Å². The first-order chi connectivity index (χ1) is 6.62. The van der Waals surface area contributed by atoms with Gasteiger partial charge in [-0.2, -0.15) is 0 Å². The molecule has 3 nitrogen and oxygen atoms in total. The maximum atomic E-state index is 6.16. The quantitative estimate of drug-likeness (QED) is 0.705. The predicted molar refractivity (Wildman–Crippen MR) is 57.2 cm³/mol. The number of hydrogen-bond donors (Lipinski definition) is 2. The molecule has 3 N–H and O–H groups in total.